The quantitative estimate of drug-likeness (QED) is 0.624. The number of hydrogen-bond donors (Lipinski definition) is 1. The largest absolute Gasteiger partial charge is 0.665 e. The summed E-state index contributed by atoms with van der Waals surface area (Å²) in [6.07, 6.45) is 4.89. The van der Waals surface area contributed by atoms with E-state index in [2.05, 4.69) is 20.8 Å². The molecule has 0 saturated heterocycles. The van der Waals surface area contributed by atoms with Crippen LogP contribution in [-0.2, 0) is 47.0 Å². The van der Waals surface area contributed by atoms with E-state index in [1.807, 2.05) is 6.92 Å². The maximum atomic E-state index is 10.7. The summed E-state index contributed by atoms with van der Waals surface area (Å²) in [7, 11) is 0. The van der Waals surface area contributed by atoms with Gasteiger partial charge in [-0.15, -0.1) is 0 Å². The minimum atomic E-state index is -0.402. The summed E-state index contributed by atoms with van der Waals surface area (Å²) in [6.45, 7) is 10.3. The summed E-state index contributed by atoms with van der Waals surface area (Å²) in [4.78, 5) is 19.0. The van der Waals surface area contributed by atoms with Crippen molar-refractivity contribution in [3.63, 3.8) is 0 Å². The monoisotopic (exact) mass is 331 g/mol. The van der Waals surface area contributed by atoms with Crippen LogP contribution in [0, 0.1) is 18.3 Å². The molecule has 4 nitrogen and oxygen atoms in total. The molecule has 2 unspecified atom stereocenters. The average Bonchev–Trinajstić information content (AvgIpc) is 2.16. The fraction of sp³-hybridized carbons (Fsp3) is 0.769. The van der Waals surface area contributed by atoms with Crippen LogP contribution in [0.5, 0.6) is 0 Å². The maximum Gasteiger partial charge on any atom is 0.164 e. The third-order valence-electron chi connectivity index (χ3n) is 3.22. The van der Waals surface area contributed by atoms with Crippen LogP contribution in [0.15, 0.2) is 0 Å². The summed E-state index contributed by atoms with van der Waals surface area (Å²) in [6, 6.07) is 0. The Kier molecular flexibility index (Phi) is 11.0. The van der Waals surface area contributed by atoms with E-state index in [4.69, 9.17) is 14.6 Å². The van der Waals surface area contributed by atoms with Gasteiger partial charge in [-0.3, -0.25) is 11.7 Å². The topological polar surface area (TPSA) is 63.6 Å². The Morgan fingerprint density at radius 3 is 2.44 bits per heavy atom. The number of carbonyl (C=O) groups is 1. The zero-order valence-electron chi connectivity index (χ0n) is 11.4. The Balaban J connectivity index is 0. The summed E-state index contributed by atoms with van der Waals surface area (Å²) >= 11 is 0. The summed E-state index contributed by atoms with van der Waals surface area (Å²) < 4.78 is 5.13. The Bertz CT molecular complexity index is 253. The Hall–Kier alpha value is -0.0861. The molecule has 1 aliphatic rings. The van der Waals surface area contributed by atoms with Crippen LogP contribution in [0.1, 0.15) is 46.5 Å². The first-order chi connectivity index (χ1) is 7.82. The van der Waals surface area contributed by atoms with Crippen molar-refractivity contribution < 1.29 is 52.1 Å². The van der Waals surface area contributed by atoms with Crippen molar-refractivity contribution in [3.8, 4) is 0 Å². The molecule has 0 aliphatic heterocycles. The smallest absolute Gasteiger partial charge is 0.164 e. The molecule has 1 saturated carbocycles. The van der Waals surface area contributed by atoms with Crippen LogP contribution in [-0.4, -0.2) is 23.7 Å². The maximum absolute atomic E-state index is 10.7. The van der Waals surface area contributed by atoms with E-state index < -0.39 is 5.97 Å². The molecule has 0 heterocycles. The fourth-order valence-electron chi connectivity index (χ4n) is 2.46. The van der Waals surface area contributed by atoms with Gasteiger partial charge in [-0.1, -0.05) is 26.7 Å². The van der Waals surface area contributed by atoms with Gasteiger partial charge in [0.25, 0.3) is 0 Å². The molecule has 1 aliphatic carbocycles. The van der Waals surface area contributed by atoms with Gasteiger partial charge in [0.2, 0.25) is 0 Å². The van der Waals surface area contributed by atoms with Crippen LogP contribution in [0.4, 0.5) is 0 Å². The van der Waals surface area contributed by atoms with Crippen molar-refractivity contribution in [1.82, 2.24) is 0 Å². The first-order valence-electron chi connectivity index (χ1n) is 5.86. The standard InChI is InChI=1S/C12H21O2.CHO2.Y/c1-9(14-10(2)13)11-6-5-7-12(3,4)8-11;2-1-3;/h9,11H,2,5-8H2,1,3-4H3;(H,2,3);/q2*-1;. The van der Waals surface area contributed by atoms with E-state index in [1.165, 1.54) is 19.3 Å². The Labute approximate surface area is 135 Å². The predicted molar refractivity (Wildman–Crippen MR) is 65.0 cm³/mol. The molecule has 1 fully saturated rings. The van der Waals surface area contributed by atoms with E-state index in [9.17, 15) is 4.79 Å². The van der Waals surface area contributed by atoms with Gasteiger partial charge in [-0.25, -0.2) is 0 Å². The van der Waals surface area contributed by atoms with Crippen molar-refractivity contribution in [2.45, 2.75) is 52.6 Å². The second-order valence-corrected chi connectivity index (χ2v) is 5.31. The van der Waals surface area contributed by atoms with Crippen LogP contribution >= 0.6 is 0 Å². The van der Waals surface area contributed by atoms with Gasteiger partial charge in [0, 0.05) is 32.7 Å². The zero-order valence-corrected chi connectivity index (χ0v) is 14.3. The second-order valence-electron chi connectivity index (χ2n) is 5.31. The van der Waals surface area contributed by atoms with Crippen molar-refractivity contribution in [2.24, 2.45) is 11.3 Å². The van der Waals surface area contributed by atoms with E-state index in [1.54, 1.807) is 0 Å². The van der Waals surface area contributed by atoms with E-state index in [0.29, 0.717) is 17.8 Å². The van der Waals surface area contributed by atoms with Gasteiger partial charge in [-0.2, -0.15) is 0 Å². The van der Waals surface area contributed by atoms with Gasteiger partial charge in [0.15, 0.2) is 5.97 Å². The van der Waals surface area contributed by atoms with Crippen molar-refractivity contribution in [1.29, 1.82) is 0 Å². The molecule has 1 N–H and O–H groups in total. The molecular weight excluding hydrogens is 309 g/mol. The molecule has 0 aromatic heterocycles. The SMILES string of the molecule is O=[C-]O.[CH2-]C(=O)OC(C)C1CCCC(C)(C)C1.[Y]. The van der Waals surface area contributed by atoms with Crippen LogP contribution in [0.25, 0.3) is 0 Å². The Morgan fingerprint density at radius 1 is 1.56 bits per heavy atom. The number of ether oxygens (including phenoxy) is 1. The molecule has 5 heteroatoms. The molecule has 103 valence electrons. The first kappa shape index (κ1) is 20.2. The first-order valence-corrected chi connectivity index (χ1v) is 5.86. The number of aliphatic hydroxyl groups excluding tert-OH is 1. The Morgan fingerprint density at radius 2 is 2.06 bits per heavy atom. The molecule has 0 aromatic carbocycles. The third-order valence-corrected chi connectivity index (χ3v) is 3.22. The number of hydrogen-bond acceptors (Lipinski definition) is 3. The minimum absolute atomic E-state index is 0. The molecule has 0 spiro atoms. The average molecular weight is 331 g/mol. The van der Waals surface area contributed by atoms with Crippen molar-refractivity contribution >= 4 is 12.4 Å². The molecule has 1 radical (unpaired) electrons. The molecular formula is C13H22O4Y-2. The van der Waals surface area contributed by atoms with Gasteiger partial charge in [0.05, 0.1) is 6.10 Å². The van der Waals surface area contributed by atoms with E-state index in [-0.39, 0.29) is 38.8 Å². The van der Waals surface area contributed by atoms with Gasteiger partial charge in [-0.05, 0) is 37.5 Å². The van der Waals surface area contributed by atoms with E-state index in [0.717, 1.165) is 6.42 Å². The zero-order chi connectivity index (χ0) is 13.5. The minimum Gasteiger partial charge on any atom is -0.665 e. The van der Waals surface area contributed by atoms with E-state index >= 15 is 0 Å². The van der Waals surface area contributed by atoms with Gasteiger partial charge >= 0.3 is 0 Å². The predicted octanol–water partition coefficient (Wildman–Crippen LogP) is 2.58. The summed E-state index contributed by atoms with van der Waals surface area (Å²) in [5.41, 5.74) is 0.407. The number of carbonyl (C=O) groups excluding carboxylic acids is 1. The molecule has 1 rings (SSSR count). The van der Waals surface area contributed by atoms with Crippen LogP contribution < -0.4 is 0 Å². The molecule has 2 atom stereocenters. The molecule has 0 amide bonds. The molecule has 0 bridgehead atoms. The number of rotatable bonds is 2. The number of esters is 1. The van der Waals surface area contributed by atoms with Crippen molar-refractivity contribution in [3.05, 3.63) is 6.92 Å². The summed E-state index contributed by atoms with van der Waals surface area (Å²) in [5.74, 6) is 0.116. The molecule has 0 aromatic rings. The van der Waals surface area contributed by atoms with Crippen LogP contribution in [0.3, 0.4) is 0 Å². The van der Waals surface area contributed by atoms with Crippen LogP contribution in [0.2, 0.25) is 0 Å². The second kappa shape index (κ2) is 9.79. The van der Waals surface area contributed by atoms with Gasteiger partial charge < -0.3 is 14.6 Å². The third kappa shape index (κ3) is 8.93. The normalized spacial score (nSPS) is 22.5. The van der Waals surface area contributed by atoms with Crippen molar-refractivity contribution in [2.75, 3.05) is 0 Å². The molecule has 18 heavy (non-hydrogen) atoms. The van der Waals surface area contributed by atoms with Gasteiger partial charge in [0.1, 0.15) is 0 Å². The fourth-order valence-corrected chi connectivity index (χ4v) is 2.46. The summed E-state index contributed by atoms with van der Waals surface area (Å²) in [5, 5.41) is 6.76.